The molecule has 0 aliphatic rings. The highest BCUT2D eigenvalue weighted by molar-refractivity contribution is 6.30. The highest BCUT2D eigenvalue weighted by Crippen LogP contribution is 2.29. The summed E-state index contributed by atoms with van der Waals surface area (Å²) in [6.07, 6.45) is -6.26. The van der Waals surface area contributed by atoms with Gasteiger partial charge in [-0.25, -0.2) is 9.78 Å². The van der Waals surface area contributed by atoms with E-state index < -0.39 is 24.0 Å². The number of alkyl halides is 6. The van der Waals surface area contributed by atoms with Crippen LogP contribution in [0.2, 0.25) is 5.15 Å². The number of aromatic nitrogens is 3. The summed E-state index contributed by atoms with van der Waals surface area (Å²) in [5, 5.41) is 13.9. The third-order valence-corrected chi connectivity index (χ3v) is 3.04. The van der Waals surface area contributed by atoms with E-state index in [2.05, 4.69) is 15.4 Å². The van der Waals surface area contributed by atoms with E-state index in [0.29, 0.717) is 5.56 Å². The highest BCUT2D eigenvalue weighted by Gasteiger charge is 2.38. The van der Waals surface area contributed by atoms with Crippen molar-refractivity contribution in [1.29, 1.82) is 0 Å². The lowest BCUT2D eigenvalue weighted by Gasteiger charge is -2.08. The summed E-state index contributed by atoms with van der Waals surface area (Å²) in [5.74, 6) is -2.76. The first-order valence-electron chi connectivity index (χ1n) is 6.57. The van der Waals surface area contributed by atoms with Gasteiger partial charge in [-0.3, -0.25) is 4.68 Å². The third kappa shape index (κ3) is 6.43. The van der Waals surface area contributed by atoms with Crippen molar-refractivity contribution < 1.29 is 36.2 Å². The lowest BCUT2D eigenvalue weighted by Crippen LogP contribution is -2.21. The van der Waals surface area contributed by atoms with Crippen molar-refractivity contribution >= 4 is 23.3 Å². The van der Waals surface area contributed by atoms with Crippen molar-refractivity contribution in [3.63, 3.8) is 0 Å². The first-order chi connectivity index (χ1) is 11.8. The van der Waals surface area contributed by atoms with E-state index in [0.717, 1.165) is 11.8 Å². The molecule has 2 aromatic heterocycles. The number of carbonyl (C=O) groups is 1. The van der Waals surface area contributed by atoms with Crippen LogP contribution in [0.15, 0.2) is 24.5 Å². The summed E-state index contributed by atoms with van der Waals surface area (Å²) >= 11 is 5.76. The fourth-order valence-electron chi connectivity index (χ4n) is 1.49. The van der Waals surface area contributed by atoms with E-state index >= 15 is 0 Å². The van der Waals surface area contributed by atoms with Crippen molar-refractivity contribution in [3.05, 3.63) is 40.9 Å². The van der Waals surface area contributed by atoms with Crippen LogP contribution in [0, 0.1) is 0 Å². The average Bonchev–Trinajstić information content (AvgIpc) is 2.95. The molecule has 0 aliphatic heterocycles. The SMILES string of the molecule is CNc1cnn(Cc2ccc(C(F)(F)F)nc2Cl)c1.O=C(O)C(F)(F)F. The van der Waals surface area contributed by atoms with Crippen molar-refractivity contribution in [2.24, 2.45) is 0 Å². The fourth-order valence-corrected chi connectivity index (χ4v) is 1.71. The van der Waals surface area contributed by atoms with E-state index in [4.69, 9.17) is 21.5 Å². The van der Waals surface area contributed by atoms with Crippen LogP contribution in [0.25, 0.3) is 0 Å². The van der Waals surface area contributed by atoms with Crippen LogP contribution in [0.5, 0.6) is 0 Å². The Labute approximate surface area is 147 Å². The Bertz CT molecular complexity index is 760. The Morgan fingerprint density at radius 3 is 2.23 bits per heavy atom. The van der Waals surface area contributed by atoms with E-state index in [1.165, 1.54) is 6.07 Å². The Hall–Kier alpha value is -2.50. The molecule has 2 rings (SSSR count). The Morgan fingerprint density at radius 2 is 1.85 bits per heavy atom. The first kappa shape index (κ1) is 21.5. The van der Waals surface area contributed by atoms with Crippen molar-refractivity contribution in [3.8, 4) is 0 Å². The zero-order valence-electron chi connectivity index (χ0n) is 12.9. The number of rotatable bonds is 3. The number of hydrogen-bond donors (Lipinski definition) is 2. The number of pyridine rings is 1. The van der Waals surface area contributed by atoms with Crippen LogP contribution in [0.1, 0.15) is 11.3 Å². The molecular formula is C13H11ClF6N4O2. The minimum atomic E-state index is -5.08. The number of carboxylic acids is 1. The molecule has 0 radical (unpaired) electrons. The first-order valence-corrected chi connectivity index (χ1v) is 6.95. The summed E-state index contributed by atoms with van der Waals surface area (Å²) in [6.45, 7) is 0.256. The van der Waals surface area contributed by atoms with E-state index in [1.807, 2.05) is 0 Å². The average molecular weight is 405 g/mol. The third-order valence-electron chi connectivity index (χ3n) is 2.71. The second-order valence-corrected chi connectivity index (χ2v) is 4.98. The van der Waals surface area contributed by atoms with Crippen molar-refractivity contribution in [2.45, 2.75) is 18.9 Å². The Morgan fingerprint density at radius 1 is 1.27 bits per heavy atom. The van der Waals surface area contributed by atoms with E-state index in [1.54, 1.807) is 24.1 Å². The Balaban J connectivity index is 0.000000412. The molecule has 0 bridgehead atoms. The van der Waals surface area contributed by atoms with Crippen molar-refractivity contribution in [1.82, 2.24) is 14.8 Å². The number of anilines is 1. The fraction of sp³-hybridized carbons (Fsp3) is 0.308. The number of aliphatic carboxylic acids is 1. The zero-order valence-corrected chi connectivity index (χ0v) is 13.6. The number of nitrogens with one attached hydrogen (secondary N) is 1. The molecule has 0 spiro atoms. The van der Waals surface area contributed by atoms with E-state index in [9.17, 15) is 26.3 Å². The molecule has 0 fully saturated rings. The van der Waals surface area contributed by atoms with Gasteiger partial charge in [0, 0.05) is 18.8 Å². The lowest BCUT2D eigenvalue weighted by molar-refractivity contribution is -0.192. The van der Waals surface area contributed by atoms with E-state index in [-0.39, 0.29) is 11.7 Å². The second kappa shape index (κ2) is 8.25. The van der Waals surface area contributed by atoms with Gasteiger partial charge in [-0.2, -0.15) is 31.4 Å². The number of halogens is 7. The molecule has 0 amide bonds. The zero-order chi connectivity index (χ0) is 20.1. The molecule has 2 N–H and O–H groups in total. The quantitative estimate of drug-likeness (QED) is 0.602. The van der Waals surface area contributed by atoms with Crippen LogP contribution in [0.3, 0.4) is 0 Å². The predicted molar refractivity (Wildman–Crippen MR) is 78.8 cm³/mol. The Kier molecular flexibility index (Phi) is 6.84. The summed E-state index contributed by atoms with van der Waals surface area (Å²) in [4.78, 5) is 12.2. The molecule has 0 atom stereocenters. The molecule has 0 unspecified atom stereocenters. The molecule has 0 saturated heterocycles. The van der Waals surface area contributed by atoms with Gasteiger partial charge in [-0.1, -0.05) is 17.7 Å². The number of nitrogens with zero attached hydrogens (tertiary/aromatic N) is 3. The van der Waals surface area contributed by atoms with Gasteiger partial charge in [0.2, 0.25) is 0 Å². The molecule has 26 heavy (non-hydrogen) atoms. The van der Waals surface area contributed by atoms with Crippen LogP contribution < -0.4 is 5.32 Å². The summed E-state index contributed by atoms with van der Waals surface area (Å²) in [6, 6.07) is 2.21. The van der Waals surface area contributed by atoms with Gasteiger partial charge < -0.3 is 10.4 Å². The lowest BCUT2D eigenvalue weighted by atomic mass is 10.2. The van der Waals surface area contributed by atoms with Crippen molar-refractivity contribution in [2.75, 3.05) is 12.4 Å². The highest BCUT2D eigenvalue weighted by atomic mass is 35.5. The van der Waals surface area contributed by atoms with Crippen LogP contribution in [-0.2, 0) is 17.5 Å². The maximum absolute atomic E-state index is 12.4. The van der Waals surface area contributed by atoms with Crippen LogP contribution in [0.4, 0.5) is 32.0 Å². The molecule has 0 aliphatic carbocycles. The predicted octanol–water partition coefficient (Wildman–Crippen LogP) is 3.67. The van der Waals surface area contributed by atoms with Gasteiger partial charge in [-0.15, -0.1) is 0 Å². The minimum Gasteiger partial charge on any atom is -0.475 e. The second-order valence-electron chi connectivity index (χ2n) is 4.62. The molecule has 144 valence electrons. The van der Waals surface area contributed by atoms with Gasteiger partial charge >= 0.3 is 18.3 Å². The molecule has 13 heteroatoms. The van der Waals surface area contributed by atoms with Gasteiger partial charge in [0.25, 0.3) is 0 Å². The molecule has 2 heterocycles. The largest absolute Gasteiger partial charge is 0.490 e. The van der Waals surface area contributed by atoms with Gasteiger partial charge in [0.15, 0.2) is 0 Å². The standard InChI is InChI=1S/C11H10ClF3N4.C2HF3O2/c1-16-8-4-17-19(6-8)5-7-2-3-9(11(13,14)15)18-10(7)12;3-2(4,5)1(6)7/h2-4,6,16H,5H2,1H3;(H,6,7). The number of hydrogen-bond acceptors (Lipinski definition) is 4. The minimum absolute atomic E-state index is 0.170. The topological polar surface area (TPSA) is 80.0 Å². The smallest absolute Gasteiger partial charge is 0.475 e. The normalized spacial score (nSPS) is 11.5. The van der Waals surface area contributed by atoms with Gasteiger partial charge in [0.05, 0.1) is 18.4 Å². The summed E-state index contributed by atoms with van der Waals surface area (Å²) < 4.78 is 70.6. The molecule has 0 aromatic carbocycles. The molecule has 2 aromatic rings. The molecule has 0 saturated carbocycles. The monoisotopic (exact) mass is 404 g/mol. The maximum atomic E-state index is 12.4. The maximum Gasteiger partial charge on any atom is 0.490 e. The molecular weight excluding hydrogens is 394 g/mol. The number of carboxylic acid groups (broad SMARTS) is 1. The summed E-state index contributed by atoms with van der Waals surface area (Å²) in [5.41, 5.74) is 0.272. The van der Waals surface area contributed by atoms with Crippen LogP contribution in [-0.4, -0.2) is 39.1 Å². The van der Waals surface area contributed by atoms with Crippen LogP contribution >= 0.6 is 11.6 Å². The van der Waals surface area contributed by atoms with Gasteiger partial charge in [0.1, 0.15) is 10.8 Å². The summed E-state index contributed by atoms with van der Waals surface area (Å²) in [7, 11) is 1.74. The molecule has 6 nitrogen and oxygen atoms in total. The van der Waals surface area contributed by atoms with Gasteiger partial charge in [-0.05, 0) is 6.07 Å².